The Bertz CT molecular complexity index is 756. The quantitative estimate of drug-likeness (QED) is 0.588. The van der Waals surface area contributed by atoms with Gasteiger partial charge in [0.25, 0.3) is 5.91 Å². The van der Waals surface area contributed by atoms with Gasteiger partial charge in [-0.3, -0.25) is 14.4 Å². The summed E-state index contributed by atoms with van der Waals surface area (Å²) < 4.78 is 10.5. The number of halogens is 2. The summed E-state index contributed by atoms with van der Waals surface area (Å²) in [6, 6.07) is 6.79. The monoisotopic (exact) mass is 427 g/mol. The van der Waals surface area contributed by atoms with Crippen molar-refractivity contribution in [3.05, 3.63) is 29.3 Å². The average molecular weight is 429 g/mol. The number of rotatable bonds is 4. The zero-order valence-electron chi connectivity index (χ0n) is 13.0. The van der Waals surface area contributed by atoms with Crippen molar-refractivity contribution in [3.63, 3.8) is 0 Å². The number of hydrogen-bond donors (Lipinski definition) is 1. The topological polar surface area (TPSA) is 81.7 Å². The number of hydrogen-bond acceptors (Lipinski definition) is 5. The van der Waals surface area contributed by atoms with E-state index in [-0.39, 0.29) is 28.7 Å². The van der Waals surface area contributed by atoms with Crippen LogP contribution in [0.15, 0.2) is 24.3 Å². The molecule has 0 spiro atoms. The number of alkyl halides is 1. The van der Waals surface area contributed by atoms with Crippen LogP contribution in [0.25, 0.3) is 0 Å². The Labute approximate surface area is 157 Å². The van der Waals surface area contributed by atoms with Crippen LogP contribution in [0.3, 0.4) is 0 Å². The van der Waals surface area contributed by atoms with Crippen LogP contribution >= 0.6 is 27.5 Å². The Hall–Kier alpha value is -1.60. The van der Waals surface area contributed by atoms with Crippen molar-refractivity contribution >= 4 is 51.1 Å². The molecule has 1 aromatic rings. The van der Waals surface area contributed by atoms with Crippen LogP contribution in [-0.2, 0) is 23.9 Å². The fourth-order valence-corrected chi connectivity index (χ4v) is 5.50. The summed E-state index contributed by atoms with van der Waals surface area (Å²) in [5.74, 6) is -2.25. The largest absolute Gasteiger partial charge is 0.461 e. The molecule has 1 heterocycles. The van der Waals surface area contributed by atoms with Crippen molar-refractivity contribution in [2.45, 2.75) is 17.4 Å². The van der Waals surface area contributed by atoms with Gasteiger partial charge in [0.05, 0.1) is 27.4 Å². The zero-order valence-corrected chi connectivity index (χ0v) is 15.3. The van der Waals surface area contributed by atoms with E-state index in [1.54, 1.807) is 24.3 Å². The molecule has 8 heteroatoms. The number of nitrogens with one attached hydrogen (secondary N) is 1. The Kier molecular flexibility index (Phi) is 4.24. The van der Waals surface area contributed by atoms with Gasteiger partial charge in [-0.1, -0.05) is 39.7 Å². The normalized spacial score (nSPS) is 34.7. The Balaban J connectivity index is 1.37. The minimum Gasteiger partial charge on any atom is -0.461 e. The third-order valence-electron chi connectivity index (χ3n) is 5.29. The molecule has 2 aliphatic carbocycles. The van der Waals surface area contributed by atoms with E-state index in [0.29, 0.717) is 10.7 Å². The van der Waals surface area contributed by atoms with E-state index >= 15 is 0 Å². The highest BCUT2D eigenvalue weighted by Crippen LogP contribution is 2.60. The number of anilines is 1. The first-order valence-corrected chi connectivity index (χ1v) is 9.32. The standard InChI is InChI=1S/C17H15BrClNO5/c18-14-7-5-8-13(17(23)25-15(8)14)12(7)16(22)24-6-11(21)20-10-4-2-1-3-9(10)19/h1-4,7-8,12-15H,5-6H2,(H,20,21)/t7-,8-,12-,13+,14+,15+/m1/s1. The highest BCUT2D eigenvalue weighted by molar-refractivity contribution is 9.09. The van der Waals surface area contributed by atoms with Gasteiger partial charge in [-0.2, -0.15) is 0 Å². The number of amides is 1. The summed E-state index contributed by atoms with van der Waals surface area (Å²) in [6.45, 7) is -0.421. The number of esters is 2. The van der Waals surface area contributed by atoms with Crippen molar-refractivity contribution in [2.24, 2.45) is 23.7 Å². The zero-order chi connectivity index (χ0) is 17.7. The minimum absolute atomic E-state index is 0.00517. The van der Waals surface area contributed by atoms with E-state index in [1.807, 2.05) is 0 Å². The van der Waals surface area contributed by atoms with Gasteiger partial charge >= 0.3 is 11.9 Å². The lowest BCUT2D eigenvalue weighted by Crippen LogP contribution is -2.39. The molecule has 1 saturated heterocycles. The van der Waals surface area contributed by atoms with Crippen LogP contribution in [0.1, 0.15) is 6.42 Å². The van der Waals surface area contributed by atoms with Crippen LogP contribution in [0.5, 0.6) is 0 Å². The molecule has 1 aliphatic heterocycles. The SMILES string of the molecule is O=C(COC(=O)[C@@H]1[C@H]2C[C@H]3[C@H](OC(=O)[C@@H]31)[C@H]2Br)Nc1ccccc1Cl. The van der Waals surface area contributed by atoms with Crippen LogP contribution in [0.2, 0.25) is 5.02 Å². The predicted molar refractivity (Wildman–Crippen MR) is 92.2 cm³/mol. The molecule has 1 amide bonds. The summed E-state index contributed by atoms with van der Waals surface area (Å²) in [6.07, 6.45) is 0.623. The van der Waals surface area contributed by atoms with Gasteiger partial charge < -0.3 is 14.8 Å². The molecule has 3 fully saturated rings. The second kappa shape index (κ2) is 6.29. The molecule has 0 aromatic heterocycles. The molecule has 25 heavy (non-hydrogen) atoms. The smallest absolute Gasteiger partial charge is 0.310 e. The first-order chi connectivity index (χ1) is 12.0. The van der Waals surface area contributed by atoms with Crippen molar-refractivity contribution in [3.8, 4) is 0 Å². The maximum Gasteiger partial charge on any atom is 0.310 e. The minimum atomic E-state index is -0.547. The predicted octanol–water partition coefficient (Wildman–Crippen LogP) is 2.39. The molecular weight excluding hydrogens is 414 g/mol. The van der Waals surface area contributed by atoms with Crippen LogP contribution in [0.4, 0.5) is 5.69 Å². The summed E-state index contributed by atoms with van der Waals surface area (Å²) in [5.41, 5.74) is 0.452. The number of para-hydroxylation sites is 1. The highest BCUT2D eigenvalue weighted by Gasteiger charge is 2.68. The fourth-order valence-electron chi connectivity index (χ4n) is 4.28. The van der Waals surface area contributed by atoms with Gasteiger partial charge in [-0.25, -0.2) is 0 Å². The molecule has 2 saturated carbocycles. The lowest BCUT2D eigenvalue weighted by Gasteiger charge is -2.26. The average Bonchev–Trinajstić information content (AvgIpc) is 3.19. The maximum absolute atomic E-state index is 12.5. The van der Waals surface area contributed by atoms with Gasteiger partial charge in [-0.05, 0) is 24.5 Å². The van der Waals surface area contributed by atoms with Crippen molar-refractivity contribution < 1.29 is 23.9 Å². The molecule has 4 rings (SSSR count). The first kappa shape index (κ1) is 16.8. The van der Waals surface area contributed by atoms with E-state index in [9.17, 15) is 14.4 Å². The molecule has 2 bridgehead atoms. The molecule has 132 valence electrons. The Morgan fingerprint density at radius 2 is 2.08 bits per heavy atom. The Morgan fingerprint density at radius 3 is 2.84 bits per heavy atom. The second-order valence-electron chi connectivity index (χ2n) is 6.60. The van der Waals surface area contributed by atoms with Crippen molar-refractivity contribution in [2.75, 3.05) is 11.9 Å². The van der Waals surface area contributed by atoms with Crippen LogP contribution < -0.4 is 5.32 Å². The highest BCUT2D eigenvalue weighted by atomic mass is 79.9. The van der Waals surface area contributed by atoms with E-state index in [2.05, 4.69) is 21.2 Å². The number of fused-ring (bicyclic) bond motifs is 1. The van der Waals surface area contributed by atoms with Crippen LogP contribution in [0, 0.1) is 23.7 Å². The number of ether oxygens (including phenoxy) is 2. The maximum atomic E-state index is 12.5. The third kappa shape index (κ3) is 2.73. The van der Waals surface area contributed by atoms with Gasteiger partial charge in [0.15, 0.2) is 6.61 Å². The molecule has 1 aromatic carbocycles. The molecule has 0 radical (unpaired) electrons. The summed E-state index contributed by atoms with van der Waals surface area (Å²) >= 11 is 9.51. The van der Waals surface area contributed by atoms with Crippen molar-refractivity contribution in [1.29, 1.82) is 0 Å². The summed E-state index contributed by atoms with van der Waals surface area (Å²) in [4.78, 5) is 36.5. The third-order valence-corrected chi connectivity index (χ3v) is 6.82. The van der Waals surface area contributed by atoms with E-state index in [0.717, 1.165) is 6.42 Å². The number of carbonyl (C=O) groups is 3. The molecule has 6 atom stereocenters. The molecule has 1 N–H and O–H groups in total. The number of benzene rings is 1. The first-order valence-electron chi connectivity index (χ1n) is 8.03. The molecule has 3 aliphatic rings. The molecular formula is C17H15BrClNO5. The number of carbonyl (C=O) groups excluding carboxylic acids is 3. The van der Waals surface area contributed by atoms with Gasteiger partial charge in [0, 0.05) is 5.92 Å². The van der Waals surface area contributed by atoms with Gasteiger partial charge in [0.2, 0.25) is 0 Å². The summed E-state index contributed by atoms with van der Waals surface area (Å²) in [5, 5.41) is 2.99. The Morgan fingerprint density at radius 1 is 1.32 bits per heavy atom. The van der Waals surface area contributed by atoms with Crippen LogP contribution in [-0.4, -0.2) is 35.4 Å². The van der Waals surface area contributed by atoms with E-state index < -0.39 is 30.3 Å². The molecule has 6 nitrogen and oxygen atoms in total. The van der Waals surface area contributed by atoms with E-state index in [4.69, 9.17) is 21.1 Å². The second-order valence-corrected chi connectivity index (χ2v) is 8.06. The summed E-state index contributed by atoms with van der Waals surface area (Å²) in [7, 11) is 0. The fraction of sp³-hybridized carbons (Fsp3) is 0.471. The lowest BCUT2D eigenvalue weighted by molar-refractivity contribution is -0.157. The molecule has 0 unspecified atom stereocenters. The van der Waals surface area contributed by atoms with Gasteiger partial charge in [0.1, 0.15) is 6.10 Å². The van der Waals surface area contributed by atoms with E-state index in [1.165, 1.54) is 0 Å². The lowest BCUT2D eigenvalue weighted by atomic mass is 9.80. The van der Waals surface area contributed by atoms with Crippen molar-refractivity contribution in [1.82, 2.24) is 0 Å². The van der Waals surface area contributed by atoms with Gasteiger partial charge in [-0.15, -0.1) is 0 Å².